The van der Waals surface area contributed by atoms with Crippen LogP contribution < -0.4 is 0 Å². The van der Waals surface area contributed by atoms with Gasteiger partial charge in [-0.3, -0.25) is 9.36 Å². The first-order chi connectivity index (χ1) is 18.0. The highest BCUT2D eigenvalue weighted by atomic mass is 35.5. The maximum absolute atomic E-state index is 12.7. The van der Waals surface area contributed by atoms with E-state index in [1.165, 1.54) is 0 Å². The van der Waals surface area contributed by atoms with Crippen LogP contribution in [0.2, 0.25) is 10.0 Å². The molecule has 37 heavy (non-hydrogen) atoms. The molecule has 3 aromatic rings. The second kappa shape index (κ2) is 13.2. The third kappa shape index (κ3) is 7.18. The van der Waals surface area contributed by atoms with Crippen molar-refractivity contribution in [1.82, 2.24) is 24.6 Å². The van der Waals surface area contributed by atoms with Crippen molar-refractivity contribution in [2.75, 3.05) is 38.5 Å². The molecule has 0 atom stereocenters. The van der Waals surface area contributed by atoms with Gasteiger partial charge in [-0.2, -0.15) is 0 Å². The van der Waals surface area contributed by atoms with Crippen molar-refractivity contribution in [3.63, 3.8) is 0 Å². The van der Waals surface area contributed by atoms with Crippen molar-refractivity contribution < 1.29 is 14.3 Å². The standard InChI is InChI=1S/C26H29Cl2N5O3S/c1-2-36-26(35)32-14-12-31(13-15-32)24(34)9-6-16-37-25-30-29-23(17-19-7-4-3-5-8-19)33(25)20-10-11-21(27)22(28)18-20/h3-5,7-8,10-11,18H,2,6,9,12-17H2,1H3. The molecule has 196 valence electrons. The zero-order valence-electron chi connectivity index (χ0n) is 20.6. The average molecular weight is 563 g/mol. The Hall–Kier alpha value is -2.75. The van der Waals surface area contributed by atoms with Gasteiger partial charge >= 0.3 is 6.09 Å². The van der Waals surface area contributed by atoms with Crippen LogP contribution in [0, 0.1) is 0 Å². The first kappa shape index (κ1) is 27.3. The molecule has 2 amide bonds. The van der Waals surface area contributed by atoms with E-state index in [0.717, 1.165) is 22.2 Å². The minimum absolute atomic E-state index is 0.0971. The van der Waals surface area contributed by atoms with Crippen LogP contribution in [0.4, 0.5) is 4.79 Å². The van der Waals surface area contributed by atoms with Gasteiger partial charge in [-0.15, -0.1) is 10.2 Å². The summed E-state index contributed by atoms with van der Waals surface area (Å²) in [5.74, 6) is 1.60. The van der Waals surface area contributed by atoms with Gasteiger partial charge in [-0.05, 0) is 37.1 Å². The molecule has 0 bridgehead atoms. The van der Waals surface area contributed by atoms with E-state index < -0.39 is 0 Å². The first-order valence-corrected chi connectivity index (χ1v) is 14.0. The molecule has 2 heterocycles. The highest BCUT2D eigenvalue weighted by Crippen LogP contribution is 2.29. The first-order valence-electron chi connectivity index (χ1n) is 12.2. The number of hydrogen-bond acceptors (Lipinski definition) is 6. The van der Waals surface area contributed by atoms with Crippen molar-refractivity contribution in [2.24, 2.45) is 0 Å². The topological polar surface area (TPSA) is 80.6 Å². The van der Waals surface area contributed by atoms with Crippen molar-refractivity contribution in [3.8, 4) is 5.69 Å². The Labute approximate surface area is 230 Å². The Morgan fingerprint density at radius 2 is 1.70 bits per heavy atom. The Kier molecular flexibility index (Phi) is 9.71. The van der Waals surface area contributed by atoms with Crippen LogP contribution in [-0.2, 0) is 16.0 Å². The molecule has 1 aromatic heterocycles. The Bertz CT molecular complexity index is 1220. The zero-order valence-corrected chi connectivity index (χ0v) is 22.9. The summed E-state index contributed by atoms with van der Waals surface area (Å²) in [6, 6.07) is 15.6. The third-order valence-corrected chi connectivity index (χ3v) is 7.75. The van der Waals surface area contributed by atoms with Gasteiger partial charge in [-0.25, -0.2) is 4.79 Å². The second-order valence-corrected chi connectivity index (χ2v) is 10.4. The molecule has 1 fully saturated rings. The summed E-state index contributed by atoms with van der Waals surface area (Å²) in [7, 11) is 0. The van der Waals surface area contributed by atoms with Crippen LogP contribution in [0.25, 0.3) is 5.69 Å². The molecule has 0 spiro atoms. The number of thioether (sulfide) groups is 1. The van der Waals surface area contributed by atoms with Crippen LogP contribution in [0.1, 0.15) is 31.2 Å². The van der Waals surface area contributed by atoms with Gasteiger partial charge in [0.25, 0.3) is 0 Å². The van der Waals surface area contributed by atoms with Gasteiger partial charge in [-0.1, -0.05) is 65.3 Å². The lowest BCUT2D eigenvalue weighted by molar-refractivity contribution is -0.132. The summed E-state index contributed by atoms with van der Waals surface area (Å²) in [5.41, 5.74) is 1.96. The number of hydrogen-bond donors (Lipinski definition) is 0. The molecule has 0 saturated carbocycles. The number of benzene rings is 2. The Morgan fingerprint density at radius 3 is 2.41 bits per heavy atom. The molecule has 1 aliphatic rings. The summed E-state index contributed by atoms with van der Waals surface area (Å²) < 4.78 is 7.04. The largest absolute Gasteiger partial charge is 0.450 e. The lowest BCUT2D eigenvalue weighted by atomic mass is 10.1. The average Bonchev–Trinajstić information content (AvgIpc) is 3.31. The minimum Gasteiger partial charge on any atom is -0.450 e. The fourth-order valence-electron chi connectivity index (χ4n) is 4.07. The van der Waals surface area contributed by atoms with Gasteiger partial charge in [0.1, 0.15) is 5.82 Å². The summed E-state index contributed by atoms with van der Waals surface area (Å²) >= 11 is 14.0. The number of piperazine rings is 1. The molecule has 0 aliphatic carbocycles. The normalized spacial score (nSPS) is 13.6. The number of aromatic nitrogens is 3. The number of rotatable bonds is 9. The van der Waals surface area contributed by atoms with Crippen molar-refractivity contribution >= 4 is 47.0 Å². The fourth-order valence-corrected chi connectivity index (χ4v) is 5.27. The molecule has 11 heteroatoms. The summed E-state index contributed by atoms with van der Waals surface area (Å²) in [6.45, 7) is 4.18. The predicted molar refractivity (Wildman–Crippen MR) is 146 cm³/mol. The number of carbonyl (C=O) groups excluding carboxylic acids is 2. The number of halogens is 2. The van der Waals surface area contributed by atoms with Crippen molar-refractivity contribution in [1.29, 1.82) is 0 Å². The molecule has 0 radical (unpaired) electrons. The number of carbonyl (C=O) groups is 2. The van der Waals surface area contributed by atoms with Gasteiger partial charge in [0.2, 0.25) is 5.91 Å². The lowest BCUT2D eigenvalue weighted by Crippen LogP contribution is -2.50. The van der Waals surface area contributed by atoms with Crippen LogP contribution in [0.15, 0.2) is 53.7 Å². The van der Waals surface area contributed by atoms with Gasteiger partial charge in [0.05, 0.1) is 22.3 Å². The summed E-state index contributed by atoms with van der Waals surface area (Å²) in [5, 5.41) is 10.6. The molecule has 8 nitrogen and oxygen atoms in total. The Morgan fingerprint density at radius 1 is 0.973 bits per heavy atom. The van der Waals surface area contributed by atoms with E-state index in [1.807, 2.05) is 39.8 Å². The monoisotopic (exact) mass is 561 g/mol. The molecule has 0 unspecified atom stereocenters. The van der Waals surface area contributed by atoms with E-state index in [9.17, 15) is 9.59 Å². The second-order valence-electron chi connectivity index (χ2n) is 8.51. The molecule has 1 aliphatic heterocycles. The van der Waals surface area contributed by atoms with Crippen LogP contribution in [0.3, 0.4) is 0 Å². The molecule has 0 N–H and O–H groups in total. The number of amides is 2. The van der Waals surface area contributed by atoms with Crippen LogP contribution >= 0.6 is 35.0 Å². The van der Waals surface area contributed by atoms with Gasteiger partial charge in [0.15, 0.2) is 5.16 Å². The molecule has 1 saturated heterocycles. The van der Waals surface area contributed by atoms with E-state index in [0.29, 0.717) is 67.8 Å². The molecule has 4 rings (SSSR count). The predicted octanol–water partition coefficient (Wildman–Crippen LogP) is 5.34. The fraction of sp³-hybridized carbons (Fsp3) is 0.385. The minimum atomic E-state index is -0.316. The van der Waals surface area contributed by atoms with Gasteiger partial charge in [0, 0.05) is 44.8 Å². The molecular weight excluding hydrogens is 533 g/mol. The van der Waals surface area contributed by atoms with Crippen LogP contribution in [0.5, 0.6) is 0 Å². The van der Waals surface area contributed by atoms with E-state index in [1.54, 1.807) is 29.7 Å². The lowest BCUT2D eigenvalue weighted by Gasteiger charge is -2.34. The summed E-state index contributed by atoms with van der Waals surface area (Å²) in [4.78, 5) is 28.0. The Balaban J connectivity index is 1.36. The smallest absolute Gasteiger partial charge is 0.409 e. The number of nitrogens with zero attached hydrogens (tertiary/aromatic N) is 5. The van der Waals surface area contributed by atoms with Crippen LogP contribution in [-0.4, -0.2) is 75.1 Å². The highest BCUT2D eigenvalue weighted by molar-refractivity contribution is 7.99. The third-order valence-electron chi connectivity index (χ3n) is 5.99. The van der Waals surface area contributed by atoms with E-state index >= 15 is 0 Å². The molecule has 2 aromatic carbocycles. The van der Waals surface area contributed by atoms with E-state index in [-0.39, 0.29) is 12.0 Å². The quantitative estimate of drug-likeness (QED) is 0.259. The maximum Gasteiger partial charge on any atom is 0.409 e. The highest BCUT2D eigenvalue weighted by Gasteiger charge is 2.24. The maximum atomic E-state index is 12.7. The molecular formula is C26H29Cl2N5O3S. The van der Waals surface area contributed by atoms with Crippen molar-refractivity contribution in [2.45, 2.75) is 31.3 Å². The number of ether oxygens (including phenoxy) is 1. The van der Waals surface area contributed by atoms with Gasteiger partial charge < -0.3 is 14.5 Å². The summed E-state index contributed by atoms with van der Waals surface area (Å²) in [6.07, 6.45) is 1.43. The SMILES string of the molecule is CCOC(=O)N1CCN(C(=O)CCCSc2nnc(Cc3ccccc3)n2-c2ccc(Cl)c(Cl)c2)CC1. The van der Waals surface area contributed by atoms with E-state index in [4.69, 9.17) is 27.9 Å². The van der Waals surface area contributed by atoms with Crippen molar-refractivity contribution in [3.05, 3.63) is 70.0 Å². The van der Waals surface area contributed by atoms with E-state index in [2.05, 4.69) is 22.3 Å². The zero-order chi connectivity index (χ0) is 26.2.